The number of rotatable bonds is 16. The predicted octanol–water partition coefficient (Wildman–Crippen LogP) is 12.4. The first kappa shape index (κ1) is 70.5. The normalized spacial score (nSPS) is 11.0. The van der Waals surface area contributed by atoms with Gasteiger partial charge in [0, 0.05) is 45.9 Å². The first-order valence-corrected chi connectivity index (χ1v) is 37.2. The molecule has 0 atom stereocenters. The minimum atomic E-state index is -0.826. The Morgan fingerprint density at radius 3 is 0.645 bits per heavy atom. The van der Waals surface area contributed by atoms with Gasteiger partial charge in [-0.1, -0.05) is 266 Å². The molecule has 466 valence electrons. The fourth-order valence-corrected chi connectivity index (χ4v) is 12.8. The van der Waals surface area contributed by atoms with Crippen LogP contribution in [0.2, 0.25) is 0 Å². The van der Waals surface area contributed by atoms with Crippen LogP contribution in [0.4, 0.5) is 11.4 Å². The van der Waals surface area contributed by atoms with Crippen LogP contribution in [0, 0.1) is 41.5 Å². The van der Waals surface area contributed by atoms with E-state index >= 15 is 0 Å². The molecule has 0 saturated carbocycles. The Kier molecular flexibility index (Phi) is 26.2. The standard InChI is InChI=1S/2C42H37NO.4ClH.Zr/c2*1-29-24-31(3)42(44)36(25-29)28-43-41-37(39(32-16-8-4-9-17-32)33-18-10-5-11-19-33)26-30(2)27-38(41)40(34-20-12-6-13-21-34)35-22-14-7-15-23-35;;;;;/h2*4-28,39-40,44H,1-3H3;4*1H;/q;;;;;;+2/p-2. The van der Waals surface area contributed by atoms with Crippen LogP contribution in [-0.2, 0) is 20.8 Å². The van der Waals surface area contributed by atoms with Crippen LogP contribution in [0.5, 0.6) is 11.5 Å². The molecule has 4 nitrogen and oxygen atoms in total. The molecule has 9 heteroatoms. The van der Waals surface area contributed by atoms with Gasteiger partial charge in [0.25, 0.3) is 0 Å². The van der Waals surface area contributed by atoms with Crippen molar-refractivity contribution in [3.8, 4) is 11.5 Å². The molecule has 0 aliphatic heterocycles. The number of phenols is 2. The number of nitrogens with one attached hydrogen (secondary N) is 2. The van der Waals surface area contributed by atoms with E-state index in [4.69, 9.17) is 17.0 Å². The van der Waals surface area contributed by atoms with Gasteiger partial charge in [0.1, 0.15) is 11.5 Å². The van der Waals surface area contributed by atoms with Crippen molar-refractivity contribution in [2.45, 2.75) is 65.2 Å². The summed E-state index contributed by atoms with van der Waals surface area (Å²) in [6, 6.07) is 103. The Morgan fingerprint density at radius 2 is 0.462 bits per heavy atom. The molecule has 0 unspecified atom stereocenters. The summed E-state index contributed by atoms with van der Waals surface area (Å²) in [5.41, 5.74) is 24.5. The zero-order valence-corrected chi connectivity index (χ0v) is 58.6. The Hall–Kier alpha value is -8.38. The molecule has 93 heavy (non-hydrogen) atoms. The van der Waals surface area contributed by atoms with E-state index in [2.05, 4.69) is 305 Å². The van der Waals surface area contributed by atoms with Crippen LogP contribution >= 0.6 is 17.0 Å². The van der Waals surface area contributed by atoms with Crippen molar-refractivity contribution in [1.82, 2.24) is 0 Å². The average Bonchev–Trinajstić information content (AvgIpc) is 0.788. The zero-order chi connectivity index (χ0) is 63.6. The van der Waals surface area contributed by atoms with E-state index < -0.39 is 20.8 Å². The van der Waals surface area contributed by atoms with Gasteiger partial charge in [-0.3, -0.25) is 0 Å². The molecule has 12 aromatic carbocycles. The molecule has 0 aliphatic carbocycles. The minimum absolute atomic E-state index is 0. The van der Waals surface area contributed by atoms with E-state index in [1.54, 1.807) is 0 Å². The number of phenolic OH excluding ortho intramolecular Hbond substituents is 2. The molecule has 0 bridgehead atoms. The van der Waals surface area contributed by atoms with E-state index in [1.165, 1.54) is 77.9 Å². The Labute approximate surface area is 581 Å². The van der Waals surface area contributed by atoms with Gasteiger partial charge in [-0.05, 0) is 145 Å². The molecule has 0 radical (unpaired) electrons. The fourth-order valence-electron chi connectivity index (χ4n) is 12.8. The second kappa shape index (κ2) is 34.5. The van der Waals surface area contributed by atoms with Crippen LogP contribution in [0.25, 0.3) is 0 Å². The molecule has 0 fully saturated rings. The number of aryl methyl sites for hydroxylation is 6. The van der Waals surface area contributed by atoms with Gasteiger partial charge in [0.2, 0.25) is 11.4 Å². The third-order valence-electron chi connectivity index (χ3n) is 16.7. The zero-order valence-electron chi connectivity index (χ0n) is 53.1. The molecule has 0 saturated heterocycles. The van der Waals surface area contributed by atoms with Crippen LogP contribution in [-0.4, -0.2) is 22.6 Å². The first-order chi connectivity index (χ1) is 44.4. The van der Waals surface area contributed by atoms with Gasteiger partial charge in [0.15, 0.2) is 12.4 Å². The van der Waals surface area contributed by atoms with Crippen molar-refractivity contribution in [3.63, 3.8) is 0 Å². The molecule has 0 aromatic heterocycles. The van der Waals surface area contributed by atoms with Gasteiger partial charge in [-0.25, -0.2) is 9.98 Å². The molecule has 0 amide bonds. The van der Waals surface area contributed by atoms with Crippen molar-refractivity contribution >= 4 is 40.8 Å². The van der Waals surface area contributed by atoms with Crippen molar-refractivity contribution in [2.24, 2.45) is 0 Å². The summed E-state index contributed by atoms with van der Waals surface area (Å²) in [4.78, 5) is 7.55. The van der Waals surface area contributed by atoms with Gasteiger partial charge >= 0.3 is 37.9 Å². The molecular formula is C84H76Cl4N2O2Zr. The maximum atomic E-state index is 11.0. The monoisotopic (exact) mass is 1370 g/mol. The fraction of sp³-hybridized carbons (Fsp3) is 0.119. The molecule has 12 rings (SSSR count). The average molecular weight is 1380 g/mol. The summed E-state index contributed by atoms with van der Waals surface area (Å²) in [6.07, 6.45) is 3.93. The van der Waals surface area contributed by atoms with E-state index in [0.717, 1.165) is 44.8 Å². The molecule has 4 N–H and O–H groups in total. The third kappa shape index (κ3) is 17.7. The van der Waals surface area contributed by atoms with E-state index in [9.17, 15) is 10.2 Å². The van der Waals surface area contributed by atoms with Gasteiger partial charge in [0.05, 0.1) is 11.1 Å². The quantitative estimate of drug-likeness (QED) is 0.0575. The summed E-state index contributed by atoms with van der Waals surface area (Å²) in [6.45, 7) is 12.4. The number of hydrogen-bond acceptors (Lipinski definition) is 2. The molecule has 12 aromatic rings. The first-order valence-electron chi connectivity index (χ1n) is 30.8. The molecular weight excluding hydrogens is 1300 g/mol. The van der Waals surface area contributed by atoms with Crippen molar-refractivity contribution in [2.75, 3.05) is 0 Å². The van der Waals surface area contributed by atoms with Gasteiger partial charge in [-0.15, -0.1) is 0 Å². The third-order valence-corrected chi connectivity index (χ3v) is 16.7. The van der Waals surface area contributed by atoms with Gasteiger partial charge in [-0.2, -0.15) is 0 Å². The van der Waals surface area contributed by atoms with Crippen LogP contribution in [0.1, 0.15) is 135 Å². The number of aromatic hydroxyl groups is 2. The maximum absolute atomic E-state index is 11.0. The van der Waals surface area contributed by atoms with Crippen LogP contribution in [0.3, 0.4) is 0 Å². The predicted molar refractivity (Wildman–Crippen MR) is 376 cm³/mol. The Morgan fingerprint density at radius 1 is 0.290 bits per heavy atom. The topological polar surface area (TPSA) is 68.4 Å². The number of hydrogen-bond donors (Lipinski definition) is 4. The summed E-state index contributed by atoms with van der Waals surface area (Å²) in [7, 11) is 9.87. The van der Waals surface area contributed by atoms with E-state index in [0.29, 0.717) is 11.5 Å². The Balaban J connectivity index is 0.000000225. The van der Waals surface area contributed by atoms with Crippen molar-refractivity contribution in [1.29, 1.82) is 0 Å². The van der Waals surface area contributed by atoms with Crippen LogP contribution in [0.15, 0.2) is 291 Å². The summed E-state index contributed by atoms with van der Waals surface area (Å²) >= 11 is -0.826. The van der Waals surface area contributed by atoms with E-state index in [-0.39, 0.29) is 48.5 Å². The number of benzene rings is 12. The molecule has 0 heterocycles. The SMILES string of the molecule is Cc1cc(C)c(O)c(C=[NH+]c2c(C(c3ccccc3)c3ccccc3)cc(C)cc2C(c2ccccc2)c2ccccc2)c1.Cc1cc(C)c(O)c(C=[NH+]c2c(C(c3ccccc3)c3ccccc3)cc(C)cc2C(c2ccccc2)c2ccccc2)c1.[Cl-].[Cl-].[Cl][Zr][Cl]. The van der Waals surface area contributed by atoms with E-state index in [1.807, 2.05) is 50.5 Å². The summed E-state index contributed by atoms with van der Waals surface area (Å²) in [5, 5.41) is 22.1. The van der Waals surface area contributed by atoms with Crippen LogP contribution < -0.4 is 34.8 Å². The molecule has 0 aliphatic rings. The molecule has 0 spiro atoms. The number of halogens is 4. The summed E-state index contributed by atoms with van der Waals surface area (Å²) in [5.74, 6) is 0.560. The van der Waals surface area contributed by atoms with Gasteiger partial charge < -0.3 is 35.0 Å². The second-order valence-corrected chi connectivity index (χ2v) is 27.1. The second-order valence-electron chi connectivity index (χ2n) is 23.3. The van der Waals surface area contributed by atoms with Crippen molar-refractivity contribution < 1.29 is 65.9 Å². The Bertz CT molecular complexity index is 3720. The van der Waals surface area contributed by atoms with Crippen molar-refractivity contribution in [3.05, 3.63) is 402 Å². The summed E-state index contributed by atoms with van der Waals surface area (Å²) < 4.78 is 0.